The summed E-state index contributed by atoms with van der Waals surface area (Å²) >= 11 is 9.13. The van der Waals surface area contributed by atoms with Gasteiger partial charge in [-0.15, -0.1) is 0 Å². The first-order valence-electron chi connectivity index (χ1n) is 5.44. The lowest BCUT2D eigenvalue weighted by Crippen LogP contribution is -2.04. The van der Waals surface area contributed by atoms with Crippen LogP contribution in [0.25, 0.3) is 5.82 Å². The van der Waals surface area contributed by atoms with Crippen LogP contribution in [0.3, 0.4) is 0 Å². The molecular formula is C12H13BrClN3O2. The Morgan fingerprint density at radius 3 is 2.79 bits per heavy atom. The van der Waals surface area contributed by atoms with Crippen LogP contribution in [-0.2, 0) is 4.74 Å². The molecule has 19 heavy (non-hydrogen) atoms. The van der Waals surface area contributed by atoms with Crippen LogP contribution >= 0.6 is 27.5 Å². The molecule has 0 aliphatic heterocycles. The van der Waals surface area contributed by atoms with E-state index in [-0.39, 0.29) is 0 Å². The Morgan fingerprint density at radius 2 is 2.26 bits per heavy atom. The smallest absolute Gasteiger partial charge is 0.172 e. The fraction of sp³-hybridized carbons (Fsp3) is 0.250. The normalized spacial score (nSPS) is 9.68. The number of hydrogen-bond acceptors (Lipinski definition) is 4. The fourth-order valence-electron chi connectivity index (χ4n) is 1.15. The third-order valence-corrected chi connectivity index (χ3v) is 2.74. The number of pyridine rings is 1. The highest BCUT2D eigenvalue weighted by molar-refractivity contribution is 9.10. The molecule has 102 valence electrons. The molecule has 0 N–H and O–H groups in total. The molecule has 0 spiro atoms. The van der Waals surface area contributed by atoms with Crippen molar-refractivity contribution in [1.29, 1.82) is 0 Å². The molecule has 0 radical (unpaired) electrons. The summed E-state index contributed by atoms with van der Waals surface area (Å²) in [6.45, 7) is 2.78. The lowest BCUT2D eigenvalue weighted by Gasteiger charge is -2.03. The lowest BCUT2D eigenvalue weighted by molar-refractivity contribution is 0.111. The van der Waals surface area contributed by atoms with Gasteiger partial charge in [0.15, 0.2) is 12.1 Å². The number of methoxy groups -OCH3 is 1. The highest BCUT2D eigenvalue weighted by Crippen LogP contribution is 2.19. The highest BCUT2D eigenvalue weighted by Gasteiger charge is 2.10. The quantitative estimate of drug-likeness (QED) is 0.801. The lowest BCUT2D eigenvalue weighted by atomic mass is 10.4. The predicted molar refractivity (Wildman–Crippen MR) is 77.0 cm³/mol. The van der Waals surface area contributed by atoms with Gasteiger partial charge >= 0.3 is 0 Å². The maximum absolute atomic E-state index is 10.8. The first-order chi connectivity index (χ1) is 9.13. The number of aromatic nitrogens is 3. The van der Waals surface area contributed by atoms with Crippen LogP contribution in [0.15, 0.2) is 29.0 Å². The summed E-state index contributed by atoms with van der Waals surface area (Å²) in [6.07, 6.45) is 2.29. The summed E-state index contributed by atoms with van der Waals surface area (Å²) in [6, 6.07) is 5.00. The second kappa shape index (κ2) is 8.04. The molecule has 0 saturated heterocycles. The van der Waals surface area contributed by atoms with Crippen LogP contribution in [0, 0.1) is 0 Å². The molecule has 0 saturated carbocycles. The molecule has 0 atom stereocenters. The molecule has 7 heteroatoms. The Morgan fingerprint density at radius 1 is 1.58 bits per heavy atom. The summed E-state index contributed by atoms with van der Waals surface area (Å²) in [7, 11) is 1.68. The van der Waals surface area contributed by atoms with Gasteiger partial charge < -0.3 is 4.74 Å². The third kappa shape index (κ3) is 4.41. The van der Waals surface area contributed by atoms with E-state index in [1.165, 1.54) is 4.68 Å². The number of aldehydes is 1. The molecule has 2 rings (SSSR count). The van der Waals surface area contributed by atoms with E-state index < -0.39 is 0 Å². The number of nitrogens with zero attached hydrogens (tertiary/aromatic N) is 3. The molecule has 0 aliphatic carbocycles. The third-order valence-electron chi connectivity index (χ3n) is 2.06. The second-order valence-corrected chi connectivity index (χ2v) is 4.53. The molecule has 2 aromatic rings. The Hall–Kier alpha value is -1.24. The largest absolute Gasteiger partial charge is 0.385 e. The zero-order valence-corrected chi connectivity index (χ0v) is 12.8. The summed E-state index contributed by atoms with van der Waals surface area (Å²) in [4.78, 5) is 14.8. The topological polar surface area (TPSA) is 57.0 Å². The van der Waals surface area contributed by atoms with Crippen molar-refractivity contribution in [2.75, 3.05) is 13.7 Å². The van der Waals surface area contributed by atoms with Crippen molar-refractivity contribution in [2.24, 2.45) is 0 Å². The molecular weight excluding hydrogens is 334 g/mol. The van der Waals surface area contributed by atoms with Gasteiger partial charge in [-0.2, -0.15) is 5.10 Å². The summed E-state index contributed by atoms with van der Waals surface area (Å²) < 4.78 is 6.49. The van der Waals surface area contributed by atoms with Crippen molar-refractivity contribution in [1.82, 2.24) is 14.8 Å². The van der Waals surface area contributed by atoms with Crippen LogP contribution in [0.1, 0.15) is 17.4 Å². The fourth-order valence-corrected chi connectivity index (χ4v) is 1.75. The average Bonchev–Trinajstić information content (AvgIpc) is 2.80. The second-order valence-electron chi connectivity index (χ2n) is 3.31. The summed E-state index contributed by atoms with van der Waals surface area (Å²) in [5, 5.41) is 4.51. The van der Waals surface area contributed by atoms with E-state index in [2.05, 4.69) is 30.7 Å². The van der Waals surface area contributed by atoms with Crippen molar-refractivity contribution in [3.8, 4) is 5.82 Å². The van der Waals surface area contributed by atoms with Crippen molar-refractivity contribution in [3.05, 3.63) is 39.7 Å². The molecule has 0 amide bonds. The Labute approximate surface area is 124 Å². The Kier molecular flexibility index (Phi) is 6.69. The van der Waals surface area contributed by atoms with Gasteiger partial charge in [0.05, 0.1) is 5.02 Å². The Bertz CT molecular complexity index is 544. The molecule has 5 nitrogen and oxygen atoms in total. The van der Waals surface area contributed by atoms with Gasteiger partial charge in [-0.1, -0.05) is 11.6 Å². The minimum absolute atomic E-state index is 0.391. The van der Waals surface area contributed by atoms with E-state index >= 15 is 0 Å². The standard InChI is InChI=1S/C9H5BrClN3O.C3H8O/c10-8-4-6(5-15)14(13-8)9-7(11)2-1-3-12-9;1-3-4-2/h1-5H;3H2,1-2H3. The van der Waals surface area contributed by atoms with Gasteiger partial charge in [0.2, 0.25) is 0 Å². The summed E-state index contributed by atoms with van der Waals surface area (Å²) in [5.74, 6) is 0.437. The average molecular weight is 347 g/mol. The molecule has 0 aliphatic rings. The van der Waals surface area contributed by atoms with Gasteiger partial charge in [0, 0.05) is 26.0 Å². The van der Waals surface area contributed by atoms with Crippen molar-refractivity contribution >= 4 is 33.8 Å². The number of carbonyl (C=O) groups excluding carboxylic acids is 1. The van der Waals surface area contributed by atoms with E-state index in [0.717, 1.165) is 6.61 Å². The van der Waals surface area contributed by atoms with Crippen LogP contribution in [0.5, 0.6) is 0 Å². The van der Waals surface area contributed by atoms with Gasteiger partial charge in [-0.05, 0) is 35.0 Å². The molecule has 0 bridgehead atoms. The van der Waals surface area contributed by atoms with Crippen molar-refractivity contribution < 1.29 is 9.53 Å². The molecule has 2 aromatic heterocycles. The van der Waals surface area contributed by atoms with Crippen molar-refractivity contribution in [2.45, 2.75) is 6.92 Å². The predicted octanol–water partition coefficient (Wildman–Crippen LogP) is 3.15. The number of rotatable bonds is 3. The van der Waals surface area contributed by atoms with Gasteiger partial charge in [-0.25, -0.2) is 9.67 Å². The van der Waals surface area contributed by atoms with E-state index in [0.29, 0.717) is 27.4 Å². The monoisotopic (exact) mass is 345 g/mol. The van der Waals surface area contributed by atoms with Gasteiger partial charge in [0.25, 0.3) is 0 Å². The first-order valence-corrected chi connectivity index (χ1v) is 6.61. The van der Waals surface area contributed by atoms with Gasteiger partial charge in [-0.3, -0.25) is 4.79 Å². The van der Waals surface area contributed by atoms with E-state index in [4.69, 9.17) is 11.6 Å². The zero-order valence-electron chi connectivity index (χ0n) is 10.5. The maximum Gasteiger partial charge on any atom is 0.172 e. The van der Waals surface area contributed by atoms with Crippen LogP contribution in [0.4, 0.5) is 0 Å². The Balaban J connectivity index is 0.000000399. The number of hydrogen-bond donors (Lipinski definition) is 0. The summed E-state index contributed by atoms with van der Waals surface area (Å²) in [5.41, 5.74) is 0.391. The van der Waals surface area contributed by atoms with Crippen molar-refractivity contribution in [3.63, 3.8) is 0 Å². The number of ether oxygens (including phenoxy) is 1. The number of carbonyl (C=O) groups is 1. The van der Waals surface area contributed by atoms with Crippen LogP contribution in [0.2, 0.25) is 5.02 Å². The van der Waals surface area contributed by atoms with E-state index in [9.17, 15) is 4.79 Å². The first kappa shape index (κ1) is 15.8. The van der Waals surface area contributed by atoms with E-state index in [1.54, 1.807) is 31.5 Å². The van der Waals surface area contributed by atoms with Crippen LogP contribution < -0.4 is 0 Å². The highest BCUT2D eigenvalue weighted by atomic mass is 79.9. The maximum atomic E-state index is 10.8. The SMILES string of the molecule is CCOC.O=Cc1cc(Br)nn1-c1ncccc1Cl. The molecule has 0 aromatic carbocycles. The molecule has 0 unspecified atom stereocenters. The molecule has 2 heterocycles. The van der Waals surface area contributed by atoms with E-state index in [1.807, 2.05) is 6.92 Å². The molecule has 0 fully saturated rings. The van der Waals surface area contributed by atoms with Crippen LogP contribution in [-0.4, -0.2) is 34.8 Å². The minimum atomic E-state index is 0.391. The number of halogens is 2. The minimum Gasteiger partial charge on any atom is -0.385 e. The zero-order chi connectivity index (χ0) is 14.3. The van der Waals surface area contributed by atoms with Gasteiger partial charge in [0.1, 0.15) is 10.3 Å².